The van der Waals surface area contributed by atoms with Crippen LogP contribution in [0.25, 0.3) is 0 Å². The van der Waals surface area contributed by atoms with Crippen molar-refractivity contribution < 1.29 is 4.74 Å². The molecule has 0 radical (unpaired) electrons. The zero-order valence-electron chi connectivity index (χ0n) is 12.3. The molecule has 0 aliphatic heterocycles. The van der Waals surface area contributed by atoms with Gasteiger partial charge in [0.2, 0.25) is 0 Å². The third kappa shape index (κ3) is 3.47. The molecule has 1 unspecified atom stereocenters. The van der Waals surface area contributed by atoms with Crippen LogP contribution in [0.15, 0.2) is 6.07 Å². The second-order valence-electron chi connectivity index (χ2n) is 5.12. The van der Waals surface area contributed by atoms with Crippen LogP contribution in [-0.2, 0) is 6.54 Å². The van der Waals surface area contributed by atoms with Crippen LogP contribution in [0.1, 0.15) is 29.2 Å². The van der Waals surface area contributed by atoms with Crippen molar-refractivity contribution in [2.45, 2.75) is 34.2 Å². The summed E-state index contributed by atoms with van der Waals surface area (Å²) < 4.78 is 5.56. The van der Waals surface area contributed by atoms with Crippen molar-refractivity contribution in [2.24, 2.45) is 11.7 Å². The molecule has 1 atom stereocenters. The van der Waals surface area contributed by atoms with E-state index in [4.69, 9.17) is 10.5 Å². The molecule has 1 aromatic rings. The molecule has 0 heterocycles. The van der Waals surface area contributed by atoms with E-state index in [1.807, 2.05) is 0 Å². The maximum atomic E-state index is 5.62. The lowest BCUT2D eigenvalue weighted by atomic mass is 9.99. The molecule has 18 heavy (non-hydrogen) atoms. The number of hydrogen-bond donors (Lipinski definition) is 2. The fraction of sp³-hybridized carbons (Fsp3) is 0.600. The van der Waals surface area contributed by atoms with Crippen molar-refractivity contribution in [1.82, 2.24) is 5.32 Å². The predicted octanol–water partition coefficient (Wildman–Crippen LogP) is 2.30. The van der Waals surface area contributed by atoms with Gasteiger partial charge in [-0.3, -0.25) is 0 Å². The predicted molar refractivity (Wildman–Crippen MR) is 77.1 cm³/mol. The van der Waals surface area contributed by atoms with Gasteiger partial charge in [-0.15, -0.1) is 0 Å². The van der Waals surface area contributed by atoms with E-state index in [2.05, 4.69) is 39.1 Å². The summed E-state index contributed by atoms with van der Waals surface area (Å²) in [6.45, 7) is 11.0. The van der Waals surface area contributed by atoms with Crippen LogP contribution >= 0.6 is 0 Å². The molecule has 1 rings (SSSR count). The molecule has 0 aromatic heterocycles. The average molecular weight is 250 g/mol. The van der Waals surface area contributed by atoms with Gasteiger partial charge in [0.25, 0.3) is 0 Å². The second kappa shape index (κ2) is 6.76. The van der Waals surface area contributed by atoms with Crippen LogP contribution in [0.4, 0.5) is 0 Å². The topological polar surface area (TPSA) is 47.3 Å². The van der Waals surface area contributed by atoms with E-state index in [9.17, 15) is 0 Å². The molecule has 0 spiro atoms. The van der Waals surface area contributed by atoms with Crippen molar-refractivity contribution in [3.8, 4) is 5.75 Å². The van der Waals surface area contributed by atoms with Crippen LogP contribution in [0, 0.1) is 26.7 Å². The maximum absolute atomic E-state index is 5.62. The molecule has 102 valence electrons. The van der Waals surface area contributed by atoms with Gasteiger partial charge < -0.3 is 15.8 Å². The third-order valence-electron chi connectivity index (χ3n) is 3.52. The van der Waals surface area contributed by atoms with Gasteiger partial charge in [-0.1, -0.05) is 13.0 Å². The van der Waals surface area contributed by atoms with Crippen LogP contribution < -0.4 is 15.8 Å². The fourth-order valence-corrected chi connectivity index (χ4v) is 2.13. The number of benzene rings is 1. The molecule has 3 nitrogen and oxygen atoms in total. The highest BCUT2D eigenvalue weighted by molar-refractivity contribution is 5.49. The van der Waals surface area contributed by atoms with E-state index in [1.54, 1.807) is 7.11 Å². The summed E-state index contributed by atoms with van der Waals surface area (Å²) in [5, 5.41) is 3.45. The van der Waals surface area contributed by atoms with E-state index < -0.39 is 0 Å². The first kappa shape index (κ1) is 15.0. The number of aryl methyl sites for hydroxylation is 2. The summed E-state index contributed by atoms with van der Waals surface area (Å²) in [6.07, 6.45) is 0. The minimum Gasteiger partial charge on any atom is -0.496 e. The monoisotopic (exact) mass is 250 g/mol. The Morgan fingerprint density at radius 2 is 1.94 bits per heavy atom. The van der Waals surface area contributed by atoms with Crippen molar-refractivity contribution in [2.75, 3.05) is 20.2 Å². The molecule has 0 saturated heterocycles. The van der Waals surface area contributed by atoms with Crippen molar-refractivity contribution in [1.29, 1.82) is 0 Å². The Kier molecular flexibility index (Phi) is 5.63. The van der Waals surface area contributed by atoms with Crippen LogP contribution in [0.5, 0.6) is 5.75 Å². The summed E-state index contributed by atoms with van der Waals surface area (Å²) >= 11 is 0. The Labute approximate surface area is 111 Å². The van der Waals surface area contributed by atoms with E-state index >= 15 is 0 Å². The molecule has 3 heteroatoms. The minimum absolute atomic E-state index is 0.503. The summed E-state index contributed by atoms with van der Waals surface area (Å²) in [5.74, 6) is 1.52. The van der Waals surface area contributed by atoms with Gasteiger partial charge in [-0.25, -0.2) is 0 Å². The average Bonchev–Trinajstić information content (AvgIpc) is 2.35. The van der Waals surface area contributed by atoms with Crippen LogP contribution in [0.2, 0.25) is 0 Å². The molecule has 0 saturated carbocycles. The molecule has 3 N–H and O–H groups in total. The number of ether oxygens (including phenoxy) is 1. The lowest BCUT2D eigenvalue weighted by Gasteiger charge is -2.18. The zero-order chi connectivity index (χ0) is 13.7. The standard InChI is InChI=1S/C15H26N2O/c1-10(7-16)8-17-9-14-12(3)6-11(2)13(4)15(14)18-5/h6,10,17H,7-9,16H2,1-5H3. The van der Waals surface area contributed by atoms with Gasteiger partial charge in [0.15, 0.2) is 0 Å². The number of methoxy groups -OCH3 is 1. The van der Waals surface area contributed by atoms with Gasteiger partial charge in [0.1, 0.15) is 5.75 Å². The number of hydrogen-bond acceptors (Lipinski definition) is 3. The Hall–Kier alpha value is -1.06. The SMILES string of the molecule is COc1c(C)c(C)cc(C)c1CNCC(C)CN. The molecular weight excluding hydrogens is 224 g/mol. The first-order valence-electron chi connectivity index (χ1n) is 6.55. The zero-order valence-corrected chi connectivity index (χ0v) is 12.3. The summed E-state index contributed by atoms with van der Waals surface area (Å²) in [4.78, 5) is 0. The van der Waals surface area contributed by atoms with Gasteiger partial charge in [-0.2, -0.15) is 0 Å². The highest BCUT2D eigenvalue weighted by atomic mass is 16.5. The Morgan fingerprint density at radius 1 is 1.28 bits per heavy atom. The van der Waals surface area contributed by atoms with E-state index in [-0.39, 0.29) is 0 Å². The van der Waals surface area contributed by atoms with Gasteiger partial charge in [0.05, 0.1) is 7.11 Å². The highest BCUT2D eigenvalue weighted by Gasteiger charge is 2.12. The lowest BCUT2D eigenvalue weighted by molar-refractivity contribution is 0.402. The van der Waals surface area contributed by atoms with E-state index in [0.29, 0.717) is 5.92 Å². The normalized spacial score (nSPS) is 12.6. The Morgan fingerprint density at radius 3 is 2.50 bits per heavy atom. The van der Waals surface area contributed by atoms with Gasteiger partial charge in [-0.05, 0) is 56.5 Å². The fourth-order valence-electron chi connectivity index (χ4n) is 2.13. The minimum atomic E-state index is 0.503. The summed E-state index contributed by atoms with van der Waals surface area (Å²) in [6, 6.07) is 2.22. The molecule has 0 aliphatic carbocycles. The smallest absolute Gasteiger partial charge is 0.126 e. The number of nitrogens with two attached hydrogens (primary N) is 1. The molecule has 0 bridgehead atoms. The number of rotatable bonds is 6. The third-order valence-corrected chi connectivity index (χ3v) is 3.52. The summed E-state index contributed by atoms with van der Waals surface area (Å²) in [7, 11) is 1.74. The molecule has 0 amide bonds. The van der Waals surface area contributed by atoms with Crippen molar-refractivity contribution in [3.63, 3.8) is 0 Å². The van der Waals surface area contributed by atoms with Gasteiger partial charge in [0, 0.05) is 12.1 Å². The second-order valence-corrected chi connectivity index (χ2v) is 5.12. The Balaban J connectivity index is 2.84. The summed E-state index contributed by atoms with van der Waals surface area (Å²) in [5.41, 5.74) is 10.7. The molecular formula is C15H26N2O. The highest BCUT2D eigenvalue weighted by Crippen LogP contribution is 2.29. The molecule has 1 aromatic carbocycles. The van der Waals surface area contributed by atoms with E-state index in [0.717, 1.165) is 25.4 Å². The first-order valence-corrected chi connectivity index (χ1v) is 6.55. The molecule has 0 fully saturated rings. The quantitative estimate of drug-likeness (QED) is 0.814. The number of nitrogens with one attached hydrogen (secondary N) is 1. The van der Waals surface area contributed by atoms with Crippen molar-refractivity contribution in [3.05, 3.63) is 28.3 Å². The largest absolute Gasteiger partial charge is 0.496 e. The van der Waals surface area contributed by atoms with Gasteiger partial charge >= 0.3 is 0 Å². The van der Waals surface area contributed by atoms with E-state index in [1.165, 1.54) is 22.3 Å². The maximum Gasteiger partial charge on any atom is 0.126 e. The van der Waals surface area contributed by atoms with Crippen LogP contribution in [-0.4, -0.2) is 20.2 Å². The Bertz CT molecular complexity index is 402. The lowest BCUT2D eigenvalue weighted by Crippen LogP contribution is -2.26. The van der Waals surface area contributed by atoms with Crippen molar-refractivity contribution >= 4 is 0 Å². The first-order chi connectivity index (χ1) is 8.51. The van der Waals surface area contributed by atoms with Crippen LogP contribution in [0.3, 0.4) is 0 Å². The molecule has 0 aliphatic rings.